The molecule has 1 aromatic heterocycles. The highest BCUT2D eigenvalue weighted by Crippen LogP contribution is 2.70. The minimum Gasteiger partial charge on any atom is -0.305 e. The van der Waals surface area contributed by atoms with Gasteiger partial charge in [0.25, 0.3) is 0 Å². The van der Waals surface area contributed by atoms with E-state index in [-0.39, 0.29) is 17.6 Å². The van der Waals surface area contributed by atoms with Crippen LogP contribution in [-0.2, 0) is 10.2 Å². The van der Waals surface area contributed by atoms with Crippen LogP contribution >= 0.6 is 0 Å². The average Bonchev–Trinajstić information content (AvgIpc) is 2.90. The lowest BCUT2D eigenvalue weighted by molar-refractivity contribution is -0.118. The zero-order valence-electron chi connectivity index (χ0n) is 17.4. The summed E-state index contributed by atoms with van der Waals surface area (Å²) in [5.41, 5.74) is 2.97. The fraction of sp³-hybridized carbons (Fsp3) is 0.269. The third kappa shape index (κ3) is 2.19. The fourth-order valence-corrected chi connectivity index (χ4v) is 5.91. The van der Waals surface area contributed by atoms with E-state index in [1.165, 1.54) is 0 Å². The first-order valence-electron chi connectivity index (χ1n) is 10.3. The number of carbonyl (C=O) groups excluding carboxylic acids is 2. The van der Waals surface area contributed by atoms with E-state index in [4.69, 9.17) is 0 Å². The monoisotopic (exact) mass is 396 g/mol. The second-order valence-corrected chi connectivity index (χ2v) is 8.66. The van der Waals surface area contributed by atoms with Gasteiger partial charge in [-0.1, -0.05) is 48.5 Å². The Kier molecular flexibility index (Phi) is 3.97. The van der Waals surface area contributed by atoms with Crippen molar-refractivity contribution >= 4 is 17.4 Å². The minimum absolute atomic E-state index is 0.0386. The van der Waals surface area contributed by atoms with E-state index in [0.29, 0.717) is 12.0 Å². The molecule has 1 aliphatic heterocycles. The number of hydrogen-bond donors (Lipinski definition) is 0. The zero-order valence-corrected chi connectivity index (χ0v) is 17.4. The number of amides is 1. The van der Waals surface area contributed by atoms with Crippen LogP contribution in [0.3, 0.4) is 0 Å². The molecule has 0 radical (unpaired) electrons. The molecule has 4 heteroatoms. The molecule has 2 aromatic carbocycles. The summed E-state index contributed by atoms with van der Waals surface area (Å²) in [6.45, 7) is 5.68. The summed E-state index contributed by atoms with van der Waals surface area (Å²) in [4.78, 5) is 33.6. The standard InChI is InChI=1S/C26H24N2O2/c1-17-13-14-27-22(15-17)21-16-25(3)26(21,24(30)19-9-5-4-6-10-19)20-11-7-8-12-23(20)28(25)18(2)29/h4-15,21H,16H2,1-3H3/t21-,25+,26-/m1/s1. The molecule has 2 heterocycles. The van der Waals surface area contributed by atoms with Crippen molar-refractivity contribution in [3.8, 4) is 0 Å². The molecule has 1 amide bonds. The van der Waals surface area contributed by atoms with Crippen LogP contribution in [0, 0.1) is 6.92 Å². The summed E-state index contributed by atoms with van der Waals surface area (Å²) >= 11 is 0. The lowest BCUT2D eigenvalue weighted by atomic mass is 9.44. The Morgan fingerprint density at radius 1 is 1.03 bits per heavy atom. The highest BCUT2D eigenvalue weighted by molar-refractivity contribution is 6.13. The molecule has 0 N–H and O–H groups in total. The molecule has 0 spiro atoms. The van der Waals surface area contributed by atoms with Crippen LogP contribution in [0.15, 0.2) is 72.9 Å². The van der Waals surface area contributed by atoms with E-state index >= 15 is 0 Å². The van der Waals surface area contributed by atoms with Crippen molar-refractivity contribution in [1.29, 1.82) is 0 Å². The number of ketones is 1. The van der Waals surface area contributed by atoms with Crippen LogP contribution in [-0.4, -0.2) is 22.2 Å². The SMILES string of the molecule is CC(=O)N1c2ccccc2[C@]2(C(=O)c3ccccc3)[C@@H](c3cc(C)ccn3)C[C@]12C. The maximum absolute atomic E-state index is 14.3. The summed E-state index contributed by atoms with van der Waals surface area (Å²) in [7, 11) is 0. The molecular formula is C26H24N2O2. The van der Waals surface area contributed by atoms with Gasteiger partial charge in [-0.25, -0.2) is 0 Å². The molecular weight excluding hydrogens is 372 g/mol. The number of nitrogens with zero attached hydrogens (tertiary/aromatic N) is 2. The van der Waals surface area contributed by atoms with Gasteiger partial charge in [0.15, 0.2) is 5.78 Å². The van der Waals surface area contributed by atoms with E-state index in [2.05, 4.69) is 18.0 Å². The quantitative estimate of drug-likeness (QED) is 0.596. The second kappa shape index (κ2) is 6.36. The molecule has 150 valence electrons. The Labute approximate surface area is 176 Å². The number of aromatic nitrogens is 1. The zero-order chi connectivity index (χ0) is 21.1. The van der Waals surface area contributed by atoms with Gasteiger partial charge in [0.1, 0.15) is 0 Å². The molecule has 4 nitrogen and oxygen atoms in total. The third-order valence-electron chi connectivity index (χ3n) is 7.04. The van der Waals surface area contributed by atoms with Gasteiger partial charge in [0.05, 0.1) is 11.0 Å². The first-order valence-corrected chi connectivity index (χ1v) is 10.3. The molecule has 1 saturated carbocycles. The second-order valence-electron chi connectivity index (χ2n) is 8.66. The van der Waals surface area contributed by atoms with Gasteiger partial charge in [-0.05, 0) is 49.6 Å². The number of carbonyl (C=O) groups is 2. The molecule has 0 saturated heterocycles. The Hall–Kier alpha value is -3.27. The van der Waals surface area contributed by atoms with E-state index in [1.807, 2.05) is 78.7 Å². The molecule has 3 aromatic rings. The average molecular weight is 396 g/mol. The van der Waals surface area contributed by atoms with Crippen molar-refractivity contribution in [2.75, 3.05) is 4.90 Å². The number of hydrogen-bond acceptors (Lipinski definition) is 3. The topological polar surface area (TPSA) is 50.3 Å². The van der Waals surface area contributed by atoms with Crippen LogP contribution in [0.5, 0.6) is 0 Å². The fourth-order valence-electron chi connectivity index (χ4n) is 5.91. The molecule has 5 rings (SSSR count). The number of anilines is 1. The van der Waals surface area contributed by atoms with Gasteiger partial charge in [0.2, 0.25) is 5.91 Å². The lowest BCUT2D eigenvalue weighted by Gasteiger charge is -2.60. The normalized spacial score (nSPS) is 26.5. The van der Waals surface area contributed by atoms with Gasteiger partial charge >= 0.3 is 0 Å². The van der Waals surface area contributed by atoms with Gasteiger partial charge < -0.3 is 4.90 Å². The summed E-state index contributed by atoms with van der Waals surface area (Å²) in [5.74, 6) is -0.0784. The molecule has 0 unspecified atom stereocenters. The molecule has 1 fully saturated rings. The predicted octanol–water partition coefficient (Wildman–Crippen LogP) is 4.82. The van der Waals surface area contributed by atoms with Gasteiger partial charge in [-0.2, -0.15) is 0 Å². The number of fused-ring (bicyclic) bond motifs is 3. The van der Waals surface area contributed by atoms with Crippen LogP contribution in [0.1, 0.15) is 53.4 Å². The van der Waals surface area contributed by atoms with Crippen LogP contribution in [0.4, 0.5) is 5.69 Å². The van der Waals surface area contributed by atoms with Crippen molar-refractivity contribution in [2.45, 2.75) is 44.1 Å². The molecule has 0 bridgehead atoms. The Morgan fingerprint density at radius 3 is 2.43 bits per heavy atom. The summed E-state index contributed by atoms with van der Waals surface area (Å²) in [6.07, 6.45) is 2.50. The van der Waals surface area contributed by atoms with Crippen LogP contribution in [0.2, 0.25) is 0 Å². The Balaban J connectivity index is 1.81. The Bertz CT molecular complexity index is 1170. The maximum atomic E-state index is 14.3. The van der Waals surface area contributed by atoms with Gasteiger partial charge in [-0.15, -0.1) is 0 Å². The van der Waals surface area contributed by atoms with Crippen molar-refractivity contribution < 1.29 is 9.59 Å². The molecule has 2 aliphatic rings. The third-order valence-corrected chi connectivity index (χ3v) is 7.04. The highest BCUT2D eigenvalue weighted by atomic mass is 16.2. The molecule has 3 atom stereocenters. The van der Waals surface area contributed by atoms with Crippen LogP contribution in [0.25, 0.3) is 0 Å². The van der Waals surface area contributed by atoms with E-state index in [0.717, 1.165) is 22.5 Å². The van der Waals surface area contributed by atoms with Crippen molar-refractivity contribution in [2.24, 2.45) is 0 Å². The van der Waals surface area contributed by atoms with Crippen LogP contribution < -0.4 is 4.90 Å². The van der Waals surface area contributed by atoms with E-state index in [9.17, 15) is 9.59 Å². The molecule has 1 aliphatic carbocycles. The van der Waals surface area contributed by atoms with E-state index in [1.54, 1.807) is 6.92 Å². The van der Waals surface area contributed by atoms with Gasteiger partial charge in [0, 0.05) is 36.0 Å². The maximum Gasteiger partial charge on any atom is 0.224 e. The lowest BCUT2D eigenvalue weighted by Crippen LogP contribution is -2.71. The van der Waals surface area contributed by atoms with E-state index < -0.39 is 11.0 Å². The first-order chi connectivity index (χ1) is 14.4. The number of rotatable bonds is 3. The number of Topliss-reactive ketones (excluding diaryl/α,β-unsaturated/α-hetero) is 1. The largest absolute Gasteiger partial charge is 0.305 e. The minimum atomic E-state index is -0.864. The van der Waals surface area contributed by atoms with Gasteiger partial charge in [-0.3, -0.25) is 14.6 Å². The molecule has 30 heavy (non-hydrogen) atoms. The predicted molar refractivity (Wildman–Crippen MR) is 117 cm³/mol. The number of benzene rings is 2. The number of para-hydroxylation sites is 1. The van der Waals surface area contributed by atoms with Crippen molar-refractivity contribution in [1.82, 2.24) is 4.98 Å². The summed E-state index contributed by atoms with van der Waals surface area (Å²) in [5, 5.41) is 0. The van der Waals surface area contributed by atoms with Crippen molar-refractivity contribution in [3.63, 3.8) is 0 Å². The Morgan fingerprint density at radius 2 is 1.73 bits per heavy atom. The number of aryl methyl sites for hydroxylation is 1. The van der Waals surface area contributed by atoms with Crippen molar-refractivity contribution in [3.05, 3.63) is 95.3 Å². The smallest absolute Gasteiger partial charge is 0.224 e. The summed E-state index contributed by atoms with van der Waals surface area (Å²) in [6, 6.07) is 21.4. The highest BCUT2D eigenvalue weighted by Gasteiger charge is 2.75. The summed E-state index contributed by atoms with van der Waals surface area (Å²) < 4.78 is 0. The number of pyridine rings is 1. The first kappa shape index (κ1) is 18.7.